The zero-order valence-corrected chi connectivity index (χ0v) is 7.36. The monoisotopic (exact) mass is 199 g/mol. The number of nitrogens with zero attached hydrogens (tertiary/aromatic N) is 1. The summed E-state index contributed by atoms with van der Waals surface area (Å²) in [5.74, 6) is 0. The van der Waals surface area contributed by atoms with Gasteiger partial charge in [0.25, 0.3) is 0 Å². The van der Waals surface area contributed by atoms with E-state index in [1.807, 2.05) is 24.3 Å². The van der Waals surface area contributed by atoms with Gasteiger partial charge < -0.3 is 8.97 Å². The Morgan fingerprint density at radius 3 is 2.69 bits per heavy atom. The lowest BCUT2D eigenvalue weighted by Gasteiger charge is -1.85. The molecule has 2 rings (SSSR count). The van der Waals surface area contributed by atoms with Gasteiger partial charge in [0.1, 0.15) is 5.52 Å². The number of para-hydroxylation sites is 2. The fourth-order valence-electron chi connectivity index (χ4n) is 0.803. The van der Waals surface area contributed by atoms with Crippen molar-refractivity contribution < 1.29 is 13.2 Å². The van der Waals surface area contributed by atoms with E-state index >= 15 is 0 Å². The molecule has 1 aromatic carbocycles. The summed E-state index contributed by atoms with van der Waals surface area (Å²) in [6, 6.07) is 7.67. The van der Waals surface area contributed by atoms with E-state index in [0.29, 0.717) is 0 Å². The lowest BCUT2D eigenvalue weighted by Crippen LogP contribution is -1.97. The predicted molar refractivity (Wildman–Crippen MR) is 47.1 cm³/mol. The third-order valence-corrected chi connectivity index (χ3v) is 1.24. The van der Waals surface area contributed by atoms with Crippen LogP contribution in [0.5, 0.6) is 0 Å². The number of rotatable bonds is 0. The molecule has 0 saturated carbocycles. The van der Waals surface area contributed by atoms with Gasteiger partial charge in [0, 0.05) is 11.3 Å². The van der Waals surface area contributed by atoms with E-state index in [4.69, 9.17) is 13.2 Å². The van der Waals surface area contributed by atoms with Crippen LogP contribution in [0.4, 0.5) is 0 Å². The van der Waals surface area contributed by atoms with E-state index in [-0.39, 0.29) is 0 Å². The van der Waals surface area contributed by atoms with Crippen molar-refractivity contribution in [3.63, 3.8) is 0 Å². The minimum atomic E-state index is -2.36. The maximum atomic E-state index is 8.78. The van der Waals surface area contributed by atoms with Gasteiger partial charge in [0.05, 0.1) is 0 Å². The van der Waals surface area contributed by atoms with Crippen LogP contribution in [0.1, 0.15) is 0 Å². The summed E-state index contributed by atoms with van der Waals surface area (Å²) in [6.07, 6.45) is 1.45. The molecule has 1 aromatic heterocycles. The number of oxazole rings is 1. The molecule has 1 unspecified atom stereocenters. The molecule has 2 N–H and O–H groups in total. The first kappa shape index (κ1) is 9.85. The van der Waals surface area contributed by atoms with Gasteiger partial charge in [-0.1, -0.05) is 12.1 Å². The standard InChI is InChI=1S/C7H5NO.H3NO2S/c1-2-4-7-6(3-1)8-5-9-7;1-4(2)3/h1-5H;1H2,(H,2,3)/p-1. The molecule has 0 saturated heterocycles. The zero-order valence-electron chi connectivity index (χ0n) is 6.54. The molecule has 6 heteroatoms. The Labute approximate surface area is 77.0 Å². The van der Waals surface area contributed by atoms with Crippen molar-refractivity contribution in [2.24, 2.45) is 5.14 Å². The summed E-state index contributed by atoms with van der Waals surface area (Å²) in [4.78, 5) is 3.95. The average molecular weight is 199 g/mol. The highest BCUT2D eigenvalue weighted by atomic mass is 32.2. The maximum Gasteiger partial charge on any atom is 0.181 e. The van der Waals surface area contributed by atoms with Gasteiger partial charge in [-0.05, 0) is 12.1 Å². The van der Waals surface area contributed by atoms with Gasteiger partial charge >= 0.3 is 0 Å². The summed E-state index contributed by atoms with van der Waals surface area (Å²) in [6.45, 7) is 0. The van der Waals surface area contributed by atoms with Crippen LogP contribution < -0.4 is 5.14 Å². The molecule has 13 heavy (non-hydrogen) atoms. The van der Waals surface area contributed by atoms with Crippen LogP contribution in [0.15, 0.2) is 35.1 Å². The van der Waals surface area contributed by atoms with E-state index in [2.05, 4.69) is 10.1 Å². The Hall–Kier alpha value is -1.24. The molecule has 0 radical (unpaired) electrons. The molecule has 0 bridgehead atoms. The molecule has 0 fully saturated rings. The summed E-state index contributed by atoms with van der Waals surface area (Å²) >= 11 is -2.36. The Kier molecular flexibility index (Phi) is 3.56. The van der Waals surface area contributed by atoms with Crippen molar-refractivity contribution in [3.05, 3.63) is 30.7 Å². The van der Waals surface area contributed by atoms with Crippen LogP contribution in [0.3, 0.4) is 0 Å². The molecule has 70 valence electrons. The van der Waals surface area contributed by atoms with E-state index in [9.17, 15) is 0 Å². The van der Waals surface area contributed by atoms with Gasteiger partial charge in [-0.2, -0.15) is 0 Å². The van der Waals surface area contributed by atoms with Crippen molar-refractivity contribution in [2.45, 2.75) is 0 Å². The molecule has 1 atom stereocenters. The van der Waals surface area contributed by atoms with Gasteiger partial charge in [-0.25, -0.2) is 4.98 Å². The van der Waals surface area contributed by atoms with Gasteiger partial charge in [-0.15, -0.1) is 0 Å². The first-order chi connectivity index (χ1) is 6.20. The number of hydrogen-bond donors (Lipinski definition) is 1. The van der Waals surface area contributed by atoms with Crippen LogP contribution in [0.2, 0.25) is 0 Å². The maximum absolute atomic E-state index is 8.78. The minimum absolute atomic E-state index is 0.845. The molecule has 0 aliphatic rings. The minimum Gasteiger partial charge on any atom is -0.760 e. The zero-order chi connectivity index (χ0) is 9.68. The highest BCUT2D eigenvalue weighted by Gasteiger charge is 1.91. The molecule has 5 nitrogen and oxygen atoms in total. The van der Waals surface area contributed by atoms with E-state index < -0.39 is 11.3 Å². The van der Waals surface area contributed by atoms with Crippen molar-refractivity contribution in [1.29, 1.82) is 0 Å². The molecule has 2 aromatic rings. The topological polar surface area (TPSA) is 92.2 Å². The van der Waals surface area contributed by atoms with Gasteiger partial charge in [-0.3, -0.25) is 9.35 Å². The normalized spacial score (nSPS) is 11.8. The quantitative estimate of drug-likeness (QED) is 0.627. The van der Waals surface area contributed by atoms with Crippen molar-refractivity contribution in [2.75, 3.05) is 0 Å². The molecule has 0 aliphatic carbocycles. The van der Waals surface area contributed by atoms with Gasteiger partial charge in [0.15, 0.2) is 12.0 Å². The van der Waals surface area contributed by atoms with E-state index in [1.54, 1.807) is 0 Å². The SMILES string of the molecule is NS(=O)[O-].c1ccc2ocnc2c1. The molecular weight excluding hydrogens is 192 g/mol. The summed E-state index contributed by atoms with van der Waals surface area (Å²) in [7, 11) is 0. The summed E-state index contributed by atoms with van der Waals surface area (Å²) in [5, 5.41) is 4.03. The fraction of sp³-hybridized carbons (Fsp3) is 0. The van der Waals surface area contributed by atoms with Crippen LogP contribution in [-0.2, 0) is 11.3 Å². The van der Waals surface area contributed by atoms with Crippen LogP contribution >= 0.6 is 0 Å². The molecule has 0 aliphatic heterocycles. The summed E-state index contributed by atoms with van der Waals surface area (Å²) in [5.41, 5.74) is 1.76. The number of fused-ring (bicyclic) bond motifs is 1. The highest BCUT2D eigenvalue weighted by Crippen LogP contribution is 2.09. The number of aromatic nitrogens is 1. The van der Waals surface area contributed by atoms with E-state index in [1.165, 1.54) is 6.39 Å². The van der Waals surface area contributed by atoms with Crippen LogP contribution in [-0.4, -0.2) is 13.7 Å². The molecule has 0 spiro atoms. The Balaban J connectivity index is 0.000000184. The first-order valence-corrected chi connectivity index (χ1v) is 4.46. The van der Waals surface area contributed by atoms with Crippen molar-refractivity contribution in [1.82, 2.24) is 4.98 Å². The second-order valence-electron chi connectivity index (χ2n) is 2.08. The third-order valence-electron chi connectivity index (χ3n) is 1.24. The highest BCUT2D eigenvalue weighted by molar-refractivity contribution is 7.76. The Morgan fingerprint density at radius 1 is 1.46 bits per heavy atom. The molecular formula is C7H7N2O3S-. The number of nitrogens with two attached hydrogens (primary N) is 1. The molecule has 1 heterocycles. The smallest absolute Gasteiger partial charge is 0.181 e. The number of hydrogen-bond acceptors (Lipinski definition) is 4. The lowest BCUT2D eigenvalue weighted by atomic mass is 10.3. The lowest BCUT2D eigenvalue weighted by molar-refractivity contribution is 0.539. The molecule has 0 amide bonds. The fourth-order valence-corrected chi connectivity index (χ4v) is 0.803. The van der Waals surface area contributed by atoms with Crippen molar-refractivity contribution in [3.8, 4) is 0 Å². The van der Waals surface area contributed by atoms with Crippen LogP contribution in [0.25, 0.3) is 11.1 Å². The largest absolute Gasteiger partial charge is 0.760 e. The van der Waals surface area contributed by atoms with E-state index in [0.717, 1.165) is 11.1 Å². The van der Waals surface area contributed by atoms with Gasteiger partial charge in [0.2, 0.25) is 0 Å². The Bertz CT molecular complexity index is 367. The first-order valence-electron chi connectivity index (χ1n) is 3.32. The second-order valence-corrected chi connectivity index (χ2v) is 2.60. The van der Waals surface area contributed by atoms with Crippen molar-refractivity contribution >= 4 is 22.4 Å². The summed E-state index contributed by atoms with van der Waals surface area (Å²) < 4.78 is 22.6. The predicted octanol–water partition coefficient (Wildman–Crippen LogP) is 0.567. The number of benzene rings is 1. The third kappa shape index (κ3) is 3.32. The average Bonchev–Trinajstić information content (AvgIpc) is 2.49. The van der Waals surface area contributed by atoms with Crippen LogP contribution in [0, 0.1) is 0 Å². The second kappa shape index (κ2) is 4.70. The Morgan fingerprint density at radius 2 is 2.08 bits per heavy atom.